The Labute approximate surface area is 81.8 Å². The summed E-state index contributed by atoms with van der Waals surface area (Å²) in [4.78, 5) is 9.59. The van der Waals surface area contributed by atoms with Gasteiger partial charge in [-0.15, -0.1) is 5.16 Å². The van der Waals surface area contributed by atoms with Crippen LogP contribution in [-0.4, -0.2) is 17.4 Å². The summed E-state index contributed by atoms with van der Waals surface area (Å²) < 4.78 is 0. The second-order valence-corrected chi connectivity index (χ2v) is 1.85. The van der Waals surface area contributed by atoms with Crippen molar-refractivity contribution in [2.75, 3.05) is 0 Å². The molecule has 0 aliphatic rings. The zero-order valence-electron chi connectivity index (χ0n) is 6.67. The van der Waals surface area contributed by atoms with E-state index in [1.165, 1.54) is 6.21 Å². The minimum absolute atomic E-state index is 0. The van der Waals surface area contributed by atoms with Gasteiger partial charge in [0.25, 0.3) is 0 Å². The summed E-state index contributed by atoms with van der Waals surface area (Å²) in [5.74, 6) is -1.33. The normalized spacial score (nSPS) is 8.36. The summed E-state index contributed by atoms with van der Waals surface area (Å²) >= 11 is 0. The molecule has 0 fully saturated rings. The summed E-state index contributed by atoms with van der Waals surface area (Å²) in [6.07, 6.45) is 1.31. The van der Waals surface area contributed by atoms with Crippen LogP contribution in [0.4, 0.5) is 0 Å². The van der Waals surface area contributed by atoms with E-state index < -0.39 is 5.97 Å². The Morgan fingerprint density at radius 3 is 1.82 bits per heavy atom. The molecule has 0 saturated heterocycles. The number of carboxylic acid groups (broad SMARTS) is 1. The number of hydrogen-bond donors (Lipinski definition) is 1. The van der Waals surface area contributed by atoms with E-state index in [1.807, 2.05) is 0 Å². The Hall–Kier alpha value is -0.320. The second kappa shape index (κ2) is 12.4. The molecule has 0 saturated carbocycles. The van der Waals surface area contributed by atoms with Gasteiger partial charge >= 0.3 is 22.4 Å². The Morgan fingerprint density at radius 2 is 1.82 bits per heavy atom. The third-order valence-corrected chi connectivity index (χ3v) is 0.587. The quantitative estimate of drug-likeness (QED) is 0.306. The maximum absolute atomic E-state index is 9.59. The van der Waals surface area contributed by atoms with Crippen molar-refractivity contribution in [2.24, 2.45) is 11.1 Å². The standard InChI is InChI=1S/C4H8O2.C2H5NO.Ag/c1-3(2)4(5)6;1-2-3-4;/h3H,1-2H3,(H,5,6);2,4H,1H3;/q;;+1/p-1/b;3-2+;. The SMILES string of the molecule is C/C=N/O.CC(C)C(=O)[O-].[Ag+]. The number of carbonyl (C=O) groups excluding carboxylic acids is 1. The van der Waals surface area contributed by atoms with Crippen LogP contribution in [-0.2, 0) is 27.2 Å². The fourth-order valence-corrected chi connectivity index (χ4v) is 0. The summed E-state index contributed by atoms with van der Waals surface area (Å²) in [6.45, 7) is 4.80. The fraction of sp³-hybridized carbons (Fsp3) is 0.667. The molecule has 0 aromatic carbocycles. The average molecular weight is 254 g/mol. The van der Waals surface area contributed by atoms with Crippen LogP contribution < -0.4 is 5.11 Å². The van der Waals surface area contributed by atoms with E-state index in [4.69, 9.17) is 5.21 Å². The summed E-state index contributed by atoms with van der Waals surface area (Å²) in [5.41, 5.74) is 0. The molecule has 0 radical (unpaired) electrons. The average Bonchev–Trinajstić information content (AvgIpc) is 1.89. The molecular formula is C6H12AgNO3. The van der Waals surface area contributed by atoms with Crippen molar-refractivity contribution in [2.45, 2.75) is 20.8 Å². The molecule has 0 spiro atoms. The fourth-order valence-electron chi connectivity index (χ4n) is 0. The van der Waals surface area contributed by atoms with Crippen LogP contribution in [0.3, 0.4) is 0 Å². The van der Waals surface area contributed by atoms with Crippen LogP contribution in [0, 0.1) is 5.92 Å². The number of hydrogen-bond acceptors (Lipinski definition) is 4. The zero-order chi connectivity index (χ0) is 8.57. The molecule has 0 aliphatic heterocycles. The van der Waals surface area contributed by atoms with Gasteiger partial charge in [-0.2, -0.15) is 0 Å². The van der Waals surface area contributed by atoms with E-state index >= 15 is 0 Å². The van der Waals surface area contributed by atoms with Gasteiger partial charge in [0.1, 0.15) is 0 Å². The Kier molecular flexibility index (Phi) is 19.1. The second-order valence-electron chi connectivity index (χ2n) is 1.85. The molecule has 5 heteroatoms. The molecule has 0 atom stereocenters. The molecule has 0 unspecified atom stereocenters. The number of nitrogens with zero attached hydrogens (tertiary/aromatic N) is 1. The molecule has 0 rings (SSSR count). The molecule has 70 valence electrons. The Bertz CT molecular complexity index is 110. The molecular weight excluding hydrogens is 242 g/mol. The maximum atomic E-state index is 9.59. The first-order valence-corrected chi connectivity index (χ1v) is 2.89. The van der Waals surface area contributed by atoms with Crippen LogP contribution in [0.1, 0.15) is 20.8 Å². The largest absolute Gasteiger partial charge is 1.00 e. The summed E-state index contributed by atoms with van der Waals surface area (Å²) in [5, 5.41) is 19.6. The van der Waals surface area contributed by atoms with E-state index in [2.05, 4.69) is 5.16 Å². The monoisotopic (exact) mass is 253 g/mol. The van der Waals surface area contributed by atoms with Gasteiger partial charge < -0.3 is 15.1 Å². The third-order valence-electron chi connectivity index (χ3n) is 0.587. The minimum atomic E-state index is -0.991. The zero-order valence-corrected chi connectivity index (χ0v) is 8.15. The molecule has 4 nitrogen and oxygen atoms in total. The van der Waals surface area contributed by atoms with Gasteiger partial charge in [0, 0.05) is 12.2 Å². The van der Waals surface area contributed by atoms with Gasteiger partial charge in [-0.25, -0.2) is 0 Å². The van der Waals surface area contributed by atoms with Crippen LogP contribution in [0.25, 0.3) is 0 Å². The van der Waals surface area contributed by atoms with Crippen molar-refractivity contribution in [3.8, 4) is 0 Å². The van der Waals surface area contributed by atoms with Crippen LogP contribution in [0.5, 0.6) is 0 Å². The van der Waals surface area contributed by atoms with E-state index in [9.17, 15) is 9.90 Å². The van der Waals surface area contributed by atoms with Gasteiger partial charge in [-0.1, -0.05) is 13.8 Å². The minimum Gasteiger partial charge on any atom is -0.550 e. The van der Waals surface area contributed by atoms with Crippen LogP contribution in [0.15, 0.2) is 5.16 Å². The first-order valence-electron chi connectivity index (χ1n) is 2.89. The van der Waals surface area contributed by atoms with Gasteiger partial charge in [-0.05, 0) is 12.8 Å². The van der Waals surface area contributed by atoms with E-state index in [0.29, 0.717) is 0 Å². The van der Waals surface area contributed by atoms with Gasteiger partial charge in [-0.3, -0.25) is 0 Å². The van der Waals surface area contributed by atoms with E-state index in [1.54, 1.807) is 20.8 Å². The van der Waals surface area contributed by atoms with Crippen molar-refractivity contribution in [3.63, 3.8) is 0 Å². The third kappa shape index (κ3) is 26.1. The number of rotatable bonds is 1. The molecule has 1 N–H and O–H groups in total. The number of carbonyl (C=O) groups is 1. The predicted octanol–water partition coefficient (Wildman–Crippen LogP) is -0.144. The molecule has 0 heterocycles. The first kappa shape index (κ1) is 17.0. The topological polar surface area (TPSA) is 72.7 Å². The number of carboxylic acids is 1. The Morgan fingerprint density at radius 1 is 1.64 bits per heavy atom. The van der Waals surface area contributed by atoms with Crippen LogP contribution >= 0.6 is 0 Å². The van der Waals surface area contributed by atoms with Crippen LogP contribution in [0.2, 0.25) is 0 Å². The number of oxime groups is 1. The van der Waals surface area contributed by atoms with Crippen molar-refractivity contribution in [1.82, 2.24) is 0 Å². The van der Waals surface area contributed by atoms with Crippen molar-refractivity contribution in [1.29, 1.82) is 0 Å². The maximum Gasteiger partial charge on any atom is 1.00 e. The molecule has 0 aliphatic carbocycles. The molecule has 11 heavy (non-hydrogen) atoms. The van der Waals surface area contributed by atoms with Gasteiger partial charge in [0.15, 0.2) is 0 Å². The number of aliphatic carboxylic acids is 1. The molecule has 0 bridgehead atoms. The van der Waals surface area contributed by atoms with Crippen molar-refractivity contribution >= 4 is 12.2 Å². The molecule has 0 amide bonds. The van der Waals surface area contributed by atoms with Crippen molar-refractivity contribution < 1.29 is 37.5 Å². The smallest absolute Gasteiger partial charge is 0.550 e. The summed E-state index contributed by atoms with van der Waals surface area (Å²) in [7, 11) is 0. The van der Waals surface area contributed by atoms with Crippen molar-refractivity contribution in [3.05, 3.63) is 0 Å². The Balaban J connectivity index is -0.000000114. The first-order chi connectivity index (χ1) is 4.56. The van der Waals surface area contributed by atoms with Gasteiger partial charge in [0.05, 0.1) is 0 Å². The predicted molar refractivity (Wildman–Crippen MR) is 35.8 cm³/mol. The van der Waals surface area contributed by atoms with E-state index in [0.717, 1.165) is 0 Å². The van der Waals surface area contributed by atoms with Gasteiger partial charge in [0.2, 0.25) is 0 Å². The summed E-state index contributed by atoms with van der Waals surface area (Å²) in [6, 6.07) is 0. The van der Waals surface area contributed by atoms with E-state index in [-0.39, 0.29) is 28.3 Å². The molecule has 0 aromatic heterocycles. The molecule has 0 aromatic rings.